The lowest BCUT2D eigenvalue weighted by molar-refractivity contribution is 0.149. The summed E-state index contributed by atoms with van der Waals surface area (Å²) in [7, 11) is 1.90. The second-order valence-electron chi connectivity index (χ2n) is 8.12. The highest BCUT2D eigenvalue weighted by molar-refractivity contribution is 5.80. The first kappa shape index (κ1) is 19.0. The van der Waals surface area contributed by atoms with Crippen molar-refractivity contribution in [2.75, 3.05) is 39.8 Å². The molecule has 0 aromatic rings. The Morgan fingerprint density at radius 1 is 0.960 bits per heavy atom. The molecule has 0 spiro atoms. The fourth-order valence-electron chi connectivity index (χ4n) is 4.99. The first-order valence-corrected chi connectivity index (χ1v) is 10.8. The van der Waals surface area contributed by atoms with Gasteiger partial charge in [0.1, 0.15) is 0 Å². The van der Waals surface area contributed by atoms with Crippen molar-refractivity contribution in [1.29, 1.82) is 0 Å². The number of piperidine rings is 2. The van der Waals surface area contributed by atoms with E-state index in [2.05, 4.69) is 32.3 Å². The summed E-state index contributed by atoms with van der Waals surface area (Å²) in [5.74, 6) is 1.00. The van der Waals surface area contributed by atoms with Crippen molar-refractivity contribution >= 4 is 5.96 Å². The molecule has 1 atom stereocenters. The van der Waals surface area contributed by atoms with Crippen molar-refractivity contribution in [3.63, 3.8) is 0 Å². The van der Waals surface area contributed by atoms with Gasteiger partial charge >= 0.3 is 0 Å². The van der Waals surface area contributed by atoms with Crippen LogP contribution in [0, 0.1) is 0 Å². The van der Waals surface area contributed by atoms with Gasteiger partial charge in [0.15, 0.2) is 5.96 Å². The molecule has 0 bridgehead atoms. The molecular formula is C20H39N5. The zero-order chi connectivity index (χ0) is 17.5. The molecule has 2 aliphatic heterocycles. The molecule has 3 rings (SSSR count). The SMILES string of the molecule is CCN1CCCCC1CNC(=NC)NC1CCN(C2CCCC2)CC1. The van der Waals surface area contributed by atoms with Crippen molar-refractivity contribution in [2.45, 2.75) is 82.8 Å². The molecule has 5 heteroatoms. The Morgan fingerprint density at radius 2 is 1.68 bits per heavy atom. The Labute approximate surface area is 154 Å². The third-order valence-electron chi connectivity index (χ3n) is 6.60. The predicted octanol–water partition coefficient (Wildman–Crippen LogP) is 2.43. The molecule has 3 fully saturated rings. The third kappa shape index (κ3) is 5.33. The summed E-state index contributed by atoms with van der Waals surface area (Å²) in [6.45, 7) is 8.24. The summed E-state index contributed by atoms with van der Waals surface area (Å²) in [5.41, 5.74) is 0. The van der Waals surface area contributed by atoms with Crippen LogP contribution in [0.1, 0.15) is 64.7 Å². The van der Waals surface area contributed by atoms with E-state index in [1.165, 1.54) is 77.4 Å². The number of nitrogens with one attached hydrogen (secondary N) is 2. The van der Waals surface area contributed by atoms with Crippen LogP contribution in [0.3, 0.4) is 0 Å². The Balaban J connectivity index is 1.39. The molecule has 1 unspecified atom stereocenters. The van der Waals surface area contributed by atoms with Gasteiger partial charge in [-0.2, -0.15) is 0 Å². The van der Waals surface area contributed by atoms with Gasteiger partial charge in [0.2, 0.25) is 0 Å². The molecule has 0 amide bonds. The standard InChI is InChI=1S/C20H39N5/c1-3-24-13-7-6-10-19(24)16-22-20(21-2)23-17-11-14-25(15-12-17)18-8-4-5-9-18/h17-19H,3-16H2,1-2H3,(H2,21,22,23). The maximum absolute atomic E-state index is 4.48. The van der Waals surface area contributed by atoms with Gasteiger partial charge in [0.05, 0.1) is 0 Å². The van der Waals surface area contributed by atoms with Gasteiger partial charge in [0.25, 0.3) is 0 Å². The predicted molar refractivity (Wildman–Crippen MR) is 106 cm³/mol. The lowest BCUT2D eigenvalue weighted by atomic mass is 10.0. The van der Waals surface area contributed by atoms with E-state index < -0.39 is 0 Å². The average Bonchev–Trinajstić information content (AvgIpc) is 3.20. The van der Waals surface area contributed by atoms with Crippen LogP contribution in [0.15, 0.2) is 4.99 Å². The van der Waals surface area contributed by atoms with Gasteiger partial charge < -0.3 is 15.5 Å². The quantitative estimate of drug-likeness (QED) is 0.591. The molecule has 3 aliphatic rings. The van der Waals surface area contributed by atoms with Crippen LogP contribution in [0.4, 0.5) is 0 Å². The minimum Gasteiger partial charge on any atom is -0.355 e. The fourth-order valence-corrected chi connectivity index (χ4v) is 4.99. The second-order valence-corrected chi connectivity index (χ2v) is 8.12. The lowest BCUT2D eigenvalue weighted by Crippen LogP contribution is -2.53. The number of hydrogen-bond acceptors (Lipinski definition) is 3. The molecule has 0 aromatic carbocycles. The van der Waals surface area contributed by atoms with Crippen LogP contribution in [-0.4, -0.2) is 73.7 Å². The first-order valence-electron chi connectivity index (χ1n) is 10.8. The van der Waals surface area contributed by atoms with E-state index >= 15 is 0 Å². The molecule has 144 valence electrons. The fraction of sp³-hybridized carbons (Fsp3) is 0.950. The number of hydrogen-bond donors (Lipinski definition) is 2. The van der Waals surface area contributed by atoms with Crippen molar-refractivity contribution < 1.29 is 0 Å². The van der Waals surface area contributed by atoms with E-state index in [0.29, 0.717) is 12.1 Å². The second kappa shape index (κ2) is 9.77. The molecule has 1 saturated carbocycles. The molecule has 0 aromatic heterocycles. The smallest absolute Gasteiger partial charge is 0.191 e. The highest BCUT2D eigenvalue weighted by atomic mass is 15.2. The monoisotopic (exact) mass is 349 g/mol. The normalized spacial score (nSPS) is 28.4. The van der Waals surface area contributed by atoms with Gasteiger partial charge in [-0.1, -0.05) is 26.2 Å². The Hall–Kier alpha value is -0.810. The van der Waals surface area contributed by atoms with Gasteiger partial charge in [-0.05, 0) is 51.6 Å². The minimum absolute atomic E-state index is 0.581. The van der Waals surface area contributed by atoms with E-state index in [1.54, 1.807) is 0 Å². The molecule has 1 aliphatic carbocycles. The molecule has 5 nitrogen and oxygen atoms in total. The van der Waals surface area contributed by atoms with Gasteiger partial charge in [0, 0.05) is 44.8 Å². The molecule has 25 heavy (non-hydrogen) atoms. The topological polar surface area (TPSA) is 42.9 Å². The zero-order valence-corrected chi connectivity index (χ0v) is 16.5. The number of likely N-dealkylation sites (tertiary alicyclic amines) is 2. The summed E-state index contributed by atoms with van der Waals surface area (Å²) in [6, 6.07) is 2.13. The molecule has 2 heterocycles. The zero-order valence-electron chi connectivity index (χ0n) is 16.5. The summed E-state index contributed by atoms with van der Waals surface area (Å²) < 4.78 is 0. The van der Waals surface area contributed by atoms with Gasteiger partial charge in [-0.3, -0.25) is 9.89 Å². The van der Waals surface area contributed by atoms with E-state index in [0.717, 1.165) is 25.1 Å². The average molecular weight is 350 g/mol. The van der Waals surface area contributed by atoms with Crippen molar-refractivity contribution in [1.82, 2.24) is 20.4 Å². The van der Waals surface area contributed by atoms with E-state index in [4.69, 9.17) is 0 Å². The molecule has 2 N–H and O–H groups in total. The summed E-state index contributed by atoms with van der Waals surface area (Å²) in [5, 5.41) is 7.28. The number of aliphatic imine (C=N–C) groups is 1. The number of rotatable bonds is 5. The van der Waals surface area contributed by atoms with Gasteiger partial charge in [-0.25, -0.2) is 0 Å². The first-order chi connectivity index (χ1) is 12.3. The molecular weight excluding hydrogens is 310 g/mol. The minimum atomic E-state index is 0.581. The van der Waals surface area contributed by atoms with Crippen molar-refractivity contribution in [2.24, 2.45) is 4.99 Å². The maximum atomic E-state index is 4.48. The van der Waals surface area contributed by atoms with Gasteiger partial charge in [-0.15, -0.1) is 0 Å². The summed E-state index contributed by atoms with van der Waals surface area (Å²) in [6.07, 6.45) is 12.3. The molecule has 0 radical (unpaired) electrons. The van der Waals surface area contributed by atoms with Crippen LogP contribution < -0.4 is 10.6 Å². The number of nitrogens with zero attached hydrogens (tertiary/aromatic N) is 3. The number of guanidine groups is 1. The third-order valence-corrected chi connectivity index (χ3v) is 6.60. The largest absolute Gasteiger partial charge is 0.355 e. The van der Waals surface area contributed by atoms with Crippen LogP contribution in [0.5, 0.6) is 0 Å². The van der Waals surface area contributed by atoms with E-state index in [-0.39, 0.29) is 0 Å². The highest BCUT2D eigenvalue weighted by Gasteiger charge is 2.27. The van der Waals surface area contributed by atoms with Crippen LogP contribution >= 0.6 is 0 Å². The van der Waals surface area contributed by atoms with Crippen LogP contribution in [0.2, 0.25) is 0 Å². The van der Waals surface area contributed by atoms with Crippen LogP contribution in [-0.2, 0) is 0 Å². The van der Waals surface area contributed by atoms with E-state index in [1.807, 2.05) is 7.05 Å². The molecule has 2 saturated heterocycles. The lowest BCUT2D eigenvalue weighted by Gasteiger charge is -2.37. The summed E-state index contributed by atoms with van der Waals surface area (Å²) >= 11 is 0. The van der Waals surface area contributed by atoms with Crippen molar-refractivity contribution in [3.05, 3.63) is 0 Å². The summed E-state index contributed by atoms with van der Waals surface area (Å²) in [4.78, 5) is 9.83. The maximum Gasteiger partial charge on any atom is 0.191 e. The Morgan fingerprint density at radius 3 is 2.36 bits per heavy atom. The number of likely N-dealkylation sites (N-methyl/N-ethyl adjacent to an activating group) is 1. The highest BCUT2D eigenvalue weighted by Crippen LogP contribution is 2.26. The van der Waals surface area contributed by atoms with Crippen LogP contribution in [0.25, 0.3) is 0 Å². The van der Waals surface area contributed by atoms with Crippen molar-refractivity contribution in [3.8, 4) is 0 Å². The Kier molecular flexibility index (Phi) is 7.41. The Bertz CT molecular complexity index is 410. The van der Waals surface area contributed by atoms with E-state index in [9.17, 15) is 0 Å².